The average molecular weight is 204 g/mol. The molecular weight excluding hydrogens is 188 g/mol. The number of benzene rings is 1. The number of Topliss-reactive ketones (excluding diaryl/α,β-unsaturated/α-hetero) is 1. The summed E-state index contributed by atoms with van der Waals surface area (Å²) >= 11 is 0. The summed E-state index contributed by atoms with van der Waals surface area (Å²) in [4.78, 5) is 11.0. The summed E-state index contributed by atoms with van der Waals surface area (Å²) in [6, 6.07) is 7.69. The number of carbonyl (C=O) groups is 1. The summed E-state index contributed by atoms with van der Waals surface area (Å²) in [5, 5.41) is 0. The Kier molecular flexibility index (Phi) is 4.10. The van der Waals surface area contributed by atoms with E-state index in [1.807, 2.05) is 44.2 Å². The fourth-order valence-corrected chi connectivity index (χ4v) is 1.18. The van der Waals surface area contributed by atoms with Crippen molar-refractivity contribution in [3.05, 3.63) is 35.4 Å². The van der Waals surface area contributed by atoms with E-state index in [9.17, 15) is 4.79 Å². The molecule has 0 aliphatic carbocycles. The van der Waals surface area contributed by atoms with E-state index in [0.717, 1.165) is 16.9 Å². The lowest BCUT2D eigenvalue weighted by molar-refractivity contribution is -0.113. The smallest absolute Gasteiger partial charge is 0.155 e. The van der Waals surface area contributed by atoms with E-state index >= 15 is 0 Å². The van der Waals surface area contributed by atoms with Crippen LogP contribution in [0.25, 0.3) is 6.08 Å². The molecule has 0 radical (unpaired) electrons. The molecule has 0 spiro atoms. The highest BCUT2D eigenvalue weighted by molar-refractivity contribution is 5.97. The average Bonchev–Trinajstić information content (AvgIpc) is 2.21. The zero-order valence-electron chi connectivity index (χ0n) is 9.41. The number of carbonyl (C=O) groups excluding carboxylic acids is 1. The van der Waals surface area contributed by atoms with Gasteiger partial charge in [-0.3, -0.25) is 4.79 Å². The van der Waals surface area contributed by atoms with Crippen LogP contribution >= 0.6 is 0 Å². The van der Waals surface area contributed by atoms with E-state index in [2.05, 4.69) is 0 Å². The lowest BCUT2D eigenvalue weighted by atomic mass is 10.1. The van der Waals surface area contributed by atoms with Gasteiger partial charge in [0.05, 0.1) is 6.61 Å². The van der Waals surface area contributed by atoms with Gasteiger partial charge in [-0.2, -0.15) is 0 Å². The zero-order valence-corrected chi connectivity index (χ0v) is 9.41. The molecule has 80 valence electrons. The summed E-state index contributed by atoms with van der Waals surface area (Å²) < 4.78 is 5.33. The minimum atomic E-state index is 0.101. The van der Waals surface area contributed by atoms with Crippen molar-refractivity contribution < 1.29 is 9.53 Å². The molecule has 1 aromatic carbocycles. The first-order chi connectivity index (χ1) is 7.13. The molecule has 0 N–H and O–H groups in total. The predicted octanol–water partition coefficient (Wildman–Crippen LogP) is 3.08. The Labute approximate surface area is 90.6 Å². The maximum atomic E-state index is 11.0. The van der Waals surface area contributed by atoms with Gasteiger partial charge in [-0.1, -0.05) is 12.1 Å². The molecule has 15 heavy (non-hydrogen) atoms. The third-order valence-corrected chi connectivity index (χ3v) is 2.13. The van der Waals surface area contributed by atoms with Crippen molar-refractivity contribution in [2.24, 2.45) is 0 Å². The molecule has 0 aliphatic heterocycles. The fraction of sp³-hybridized carbons (Fsp3) is 0.308. The maximum absolute atomic E-state index is 11.0. The third kappa shape index (κ3) is 3.58. The van der Waals surface area contributed by atoms with Crippen LogP contribution in [-0.4, -0.2) is 12.4 Å². The quantitative estimate of drug-likeness (QED) is 0.704. The van der Waals surface area contributed by atoms with Gasteiger partial charge >= 0.3 is 0 Å². The second-order valence-electron chi connectivity index (χ2n) is 3.39. The molecule has 1 aromatic rings. The highest BCUT2D eigenvalue weighted by Gasteiger charge is 1.97. The first kappa shape index (κ1) is 11.5. The number of ether oxygens (including phenoxy) is 1. The van der Waals surface area contributed by atoms with Crippen LogP contribution in [0.4, 0.5) is 0 Å². The summed E-state index contributed by atoms with van der Waals surface area (Å²) in [6.45, 7) is 6.01. The second kappa shape index (κ2) is 5.35. The van der Waals surface area contributed by atoms with Gasteiger partial charge < -0.3 is 4.74 Å². The molecule has 0 bridgehead atoms. The Morgan fingerprint density at radius 2 is 1.87 bits per heavy atom. The molecule has 0 saturated heterocycles. The Morgan fingerprint density at radius 1 is 1.27 bits per heavy atom. The van der Waals surface area contributed by atoms with Gasteiger partial charge in [0.1, 0.15) is 5.75 Å². The molecule has 2 heteroatoms. The molecule has 0 aromatic heterocycles. The molecule has 1 rings (SSSR count). The number of ketones is 1. The highest BCUT2D eigenvalue weighted by Crippen LogP contribution is 2.14. The van der Waals surface area contributed by atoms with Gasteiger partial charge in [0.25, 0.3) is 0 Å². The van der Waals surface area contributed by atoms with Gasteiger partial charge in [0, 0.05) is 0 Å². The number of rotatable bonds is 4. The topological polar surface area (TPSA) is 26.3 Å². The molecule has 0 atom stereocenters. The van der Waals surface area contributed by atoms with E-state index in [1.54, 1.807) is 6.92 Å². The Balaban J connectivity index is 2.80. The van der Waals surface area contributed by atoms with Crippen molar-refractivity contribution >= 4 is 11.9 Å². The van der Waals surface area contributed by atoms with E-state index in [1.165, 1.54) is 0 Å². The van der Waals surface area contributed by atoms with Gasteiger partial charge in [-0.15, -0.1) is 0 Å². The third-order valence-electron chi connectivity index (χ3n) is 2.13. The standard InChI is InChI=1S/C13H16O2/c1-4-15-13-7-5-12(6-8-13)9-10(2)11(3)14/h5-9H,4H2,1-3H3/b10-9-. The first-order valence-corrected chi connectivity index (χ1v) is 5.05. The van der Waals surface area contributed by atoms with E-state index < -0.39 is 0 Å². The van der Waals surface area contributed by atoms with Crippen molar-refractivity contribution in [1.29, 1.82) is 0 Å². The Morgan fingerprint density at radius 3 is 2.33 bits per heavy atom. The highest BCUT2D eigenvalue weighted by atomic mass is 16.5. The number of hydrogen-bond acceptors (Lipinski definition) is 2. The van der Waals surface area contributed by atoms with Gasteiger partial charge in [0.15, 0.2) is 5.78 Å². The van der Waals surface area contributed by atoms with Crippen molar-refractivity contribution in [3.63, 3.8) is 0 Å². The normalized spacial score (nSPS) is 11.3. The molecular formula is C13H16O2. The monoisotopic (exact) mass is 204 g/mol. The van der Waals surface area contributed by atoms with E-state index in [4.69, 9.17) is 4.74 Å². The van der Waals surface area contributed by atoms with Crippen LogP contribution in [0, 0.1) is 0 Å². The minimum Gasteiger partial charge on any atom is -0.494 e. The SMILES string of the molecule is CCOc1ccc(/C=C(/C)C(C)=O)cc1. The van der Waals surface area contributed by atoms with Crippen LogP contribution < -0.4 is 4.74 Å². The summed E-state index contributed by atoms with van der Waals surface area (Å²) in [5.74, 6) is 0.957. The molecule has 0 fully saturated rings. The van der Waals surface area contributed by atoms with Crippen LogP contribution in [-0.2, 0) is 4.79 Å². The largest absolute Gasteiger partial charge is 0.494 e. The minimum absolute atomic E-state index is 0.101. The molecule has 0 amide bonds. The van der Waals surface area contributed by atoms with Crippen LogP contribution in [0.3, 0.4) is 0 Å². The lowest BCUT2D eigenvalue weighted by Crippen LogP contribution is -1.92. The van der Waals surface area contributed by atoms with E-state index in [-0.39, 0.29) is 5.78 Å². The zero-order chi connectivity index (χ0) is 11.3. The predicted molar refractivity (Wildman–Crippen MR) is 61.9 cm³/mol. The molecule has 0 saturated carbocycles. The van der Waals surface area contributed by atoms with Gasteiger partial charge in [0.2, 0.25) is 0 Å². The number of allylic oxidation sites excluding steroid dienone is 1. The van der Waals surface area contributed by atoms with Crippen LogP contribution in [0.2, 0.25) is 0 Å². The number of hydrogen-bond donors (Lipinski definition) is 0. The first-order valence-electron chi connectivity index (χ1n) is 5.05. The fourth-order valence-electron chi connectivity index (χ4n) is 1.18. The Hall–Kier alpha value is -1.57. The van der Waals surface area contributed by atoms with Crippen molar-refractivity contribution in [3.8, 4) is 5.75 Å². The molecule has 0 aliphatic rings. The Bertz CT molecular complexity index is 361. The maximum Gasteiger partial charge on any atom is 0.155 e. The summed E-state index contributed by atoms with van der Waals surface area (Å²) in [6.07, 6.45) is 1.87. The molecule has 0 unspecified atom stereocenters. The van der Waals surface area contributed by atoms with Crippen LogP contribution in [0.5, 0.6) is 5.75 Å². The summed E-state index contributed by atoms with van der Waals surface area (Å²) in [7, 11) is 0. The van der Waals surface area contributed by atoms with Crippen LogP contribution in [0.15, 0.2) is 29.8 Å². The van der Waals surface area contributed by atoms with Crippen molar-refractivity contribution in [2.45, 2.75) is 20.8 Å². The molecule has 2 nitrogen and oxygen atoms in total. The van der Waals surface area contributed by atoms with Crippen molar-refractivity contribution in [1.82, 2.24) is 0 Å². The van der Waals surface area contributed by atoms with Gasteiger partial charge in [-0.25, -0.2) is 0 Å². The summed E-state index contributed by atoms with van der Waals surface area (Å²) in [5.41, 5.74) is 1.78. The second-order valence-corrected chi connectivity index (χ2v) is 3.39. The molecule has 0 heterocycles. The van der Waals surface area contributed by atoms with Crippen molar-refractivity contribution in [2.75, 3.05) is 6.61 Å². The van der Waals surface area contributed by atoms with Crippen LogP contribution in [0.1, 0.15) is 26.3 Å². The lowest BCUT2D eigenvalue weighted by Gasteiger charge is -2.02. The van der Waals surface area contributed by atoms with E-state index in [0.29, 0.717) is 6.61 Å². The van der Waals surface area contributed by atoms with Gasteiger partial charge in [-0.05, 0) is 50.1 Å².